The summed E-state index contributed by atoms with van der Waals surface area (Å²) in [6.07, 6.45) is 4.88. The van der Waals surface area contributed by atoms with Gasteiger partial charge in [-0.05, 0) is 84.2 Å². The highest BCUT2D eigenvalue weighted by atomic mass is 35.5. The van der Waals surface area contributed by atoms with E-state index in [1.54, 1.807) is 0 Å². The Morgan fingerprint density at radius 3 is 2.59 bits per heavy atom. The number of hydrogen-bond acceptors (Lipinski definition) is 2. The lowest BCUT2D eigenvalue weighted by Gasteiger charge is -2.13. The van der Waals surface area contributed by atoms with Crippen molar-refractivity contribution in [2.24, 2.45) is 0 Å². The van der Waals surface area contributed by atoms with E-state index in [0.29, 0.717) is 13.0 Å². The lowest BCUT2D eigenvalue weighted by molar-refractivity contribution is -0.136. The van der Waals surface area contributed by atoms with Crippen LogP contribution in [0.2, 0.25) is 5.02 Å². The van der Waals surface area contributed by atoms with E-state index in [1.165, 1.54) is 16.7 Å². The van der Waals surface area contributed by atoms with Gasteiger partial charge in [0.2, 0.25) is 0 Å². The highest BCUT2D eigenvalue weighted by Crippen LogP contribution is 2.34. The summed E-state index contributed by atoms with van der Waals surface area (Å²) < 4.78 is 6.09. The van der Waals surface area contributed by atoms with Crippen molar-refractivity contribution in [3.63, 3.8) is 0 Å². The van der Waals surface area contributed by atoms with Crippen molar-refractivity contribution in [3.8, 4) is 5.75 Å². The highest BCUT2D eigenvalue weighted by Gasteiger charge is 2.17. The van der Waals surface area contributed by atoms with Crippen molar-refractivity contribution in [2.75, 3.05) is 6.61 Å². The number of carboxylic acid groups (broad SMARTS) is 1. The van der Waals surface area contributed by atoms with Gasteiger partial charge in [-0.15, -0.1) is 0 Å². The molecule has 142 valence electrons. The smallest absolute Gasteiger partial charge is 0.303 e. The van der Waals surface area contributed by atoms with Crippen molar-refractivity contribution in [1.29, 1.82) is 0 Å². The first-order valence-corrected chi connectivity index (χ1v) is 9.88. The molecule has 0 atom stereocenters. The molecule has 0 saturated carbocycles. The largest absolute Gasteiger partial charge is 0.489 e. The topological polar surface area (TPSA) is 46.5 Å². The molecule has 3 nitrogen and oxygen atoms in total. The molecule has 0 amide bonds. The Hall–Kier alpha value is -2.26. The monoisotopic (exact) mass is 384 g/mol. The van der Waals surface area contributed by atoms with Gasteiger partial charge < -0.3 is 9.84 Å². The minimum absolute atomic E-state index is 0.157. The van der Waals surface area contributed by atoms with Gasteiger partial charge in [0.25, 0.3) is 0 Å². The number of carbonyl (C=O) groups is 1. The first kappa shape index (κ1) is 19.5. The number of carboxylic acids is 1. The molecule has 4 heteroatoms. The molecule has 3 rings (SSSR count). The molecular formula is C23H25ClO3. The third-order valence-corrected chi connectivity index (χ3v) is 5.36. The zero-order valence-electron chi connectivity index (χ0n) is 15.6. The van der Waals surface area contributed by atoms with Crippen molar-refractivity contribution in [1.82, 2.24) is 0 Å². The number of hydrogen-bond donors (Lipinski definition) is 1. The zero-order chi connectivity index (χ0) is 19.2. The third-order valence-electron chi connectivity index (χ3n) is 5.10. The fourth-order valence-corrected chi connectivity index (χ4v) is 3.77. The molecule has 1 aliphatic carbocycles. The maximum Gasteiger partial charge on any atom is 0.303 e. The van der Waals surface area contributed by atoms with Gasteiger partial charge in [-0.2, -0.15) is 0 Å². The van der Waals surface area contributed by atoms with Crippen LogP contribution in [0, 0.1) is 0 Å². The third kappa shape index (κ3) is 5.14. The molecule has 27 heavy (non-hydrogen) atoms. The lowest BCUT2D eigenvalue weighted by atomic mass is 10.0. The average Bonchev–Trinajstić information content (AvgIpc) is 3.14. The summed E-state index contributed by atoms with van der Waals surface area (Å²) in [5, 5.41) is 9.65. The standard InChI is InChI=1S/C23H25ClO3/c1-2-16-14-21(12-8-17(16)9-13-23(25)26)27-15-19-4-3-5-22(19)18-6-10-20(24)11-7-18/h6-8,10-12,14H,2-5,9,13,15H2,1H3,(H,25,26). The van der Waals surface area contributed by atoms with Gasteiger partial charge in [0, 0.05) is 11.4 Å². The Bertz CT molecular complexity index is 837. The summed E-state index contributed by atoms with van der Waals surface area (Å²) >= 11 is 6.00. The van der Waals surface area contributed by atoms with E-state index in [-0.39, 0.29) is 6.42 Å². The van der Waals surface area contributed by atoms with Crippen molar-refractivity contribution in [2.45, 2.75) is 45.4 Å². The first-order valence-electron chi connectivity index (χ1n) is 9.50. The molecule has 0 radical (unpaired) electrons. The summed E-state index contributed by atoms with van der Waals surface area (Å²) in [6.45, 7) is 2.68. The van der Waals surface area contributed by atoms with E-state index in [4.69, 9.17) is 21.4 Å². The molecule has 2 aromatic carbocycles. The molecule has 0 saturated heterocycles. The first-order chi connectivity index (χ1) is 13.1. The molecule has 0 spiro atoms. The molecular weight excluding hydrogens is 360 g/mol. The fourth-order valence-electron chi connectivity index (χ4n) is 3.64. The second-order valence-corrected chi connectivity index (χ2v) is 7.35. The Morgan fingerprint density at radius 1 is 1.11 bits per heavy atom. The van der Waals surface area contributed by atoms with Gasteiger partial charge in [0.05, 0.1) is 0 Å². The maximum absolute atomic E-state index is 10.8. The van der Waals surface area contributed by atoms with Crippen molar-refractivity contribution >= 4 is 23.1 Å². The summed E-state index contributed by atoms with van der Waals surface area (Å²) in [5.74, 6) is 0.0843. The quantitative estimate of drug-likeness (QED) is 0.612. The zero-order valence-corrected chi connectivity index (χ0v) is 16.4. The normalized spacial score (nSPS) is 13.9. The van der Waals surface area contributed by atoms with Gasteiger partial charge in [-0.25, -0.2) is 0 Å². The average molecular weight is 385 g/mol. The van der Waals surface area contributed by atoms with E-state index in [1.807, 2.05) is 24.3 Å². The second kappa shape index (κ2) is 9.09. The van der Waals surface area contributed by atoms with Crippen LogP contribution in [0.15, 0.2) is 48.0 Å². The fraction of sp³-hybridized carbons (Fsp3) is 0.348. The van der Waals surface area contributed by atoms with Crippen LogP contribution in [0.3, 0.4) is 0 Å². The van der Waals surface area contributed by atoms with Gasteiger partial charge in [-0.1, -0.05) is 36.7 Å². The Balaban J connectivity index is 1.70. The number of rotatable bonds is 8. The SMILES string of the molecule is CCc1cc(OCC2=C(c3ccc(Cl)cc3)CCC2)ccc1CCC(=O)O. The minimum atomic E-state index is -0.764. The summed E-state index contributed by atoms with van der Waals surface area (Å²) in [4.78, 5) is 10.8. The Labute approximate surface area is 165 Å². The van der Waals surface area contributed by atoms with Crippen LogP contribution in [-0.2, 0) is 17.6 Å². The maximum atomic E-state index is 10.8. The molecule has 0 aliphatic heterocycles. The molecule has 0 aromatic heterocycles. The van der Waals surface area contributed by atoms with Crippen LogP contribution in [0.4, 0.5) is 0 Å². The van der Waals surface area contributed by atoms with Gasteiger partial charge in [0.1, 0.15) is 12.4 Å². The van der Waals surface area contributed by atoms with Gasteiger partial charge >= 0.3 is 5.97 Å². The molecule has 0 heterocycles. The second-order valence-electron chi connectivity index (χ2n) is 6.91. The number of benzene rings is 2. The van der Waals surface area contributed by atoms with E-state index < -0.39 is 5.97 Å². The van der Waals surface area contributed by atoms with Gasteiger partial charge in [-0.3, -0.25) is 4.79 Å². The van der Waals surface area contributed by atoms with Crippen LogP contribution in [0.5, 0.6) is 5.75 Å². The Kier molecular flexibility index (Phi) is 6.57. The van der Waals surface area contributed by atoms with Crippen LogP contribution >= 0.6 is 11.6 Å². The highest BCUT2D eigenvalue weighted by molar-refractivity contribution is 6.30. The van der Waals surface area contributed by atoms with Crippen LogP contribution in [-0.4, -0.2) is 17.7 Å². The van der Waals surface area contributed by atoms with Crippen LogP contribution in [0.1, 0.15) is 49.3 Å². The predicted molar refractivity (Wildman–Crippen MR) is 109 cm³/mol. The van der Waals surface area contributed by atoms with Crippen molar-refractivity contribution in [3.05, 3.63) is 69.8 Å². The number of halogens is 1. The molecule has 1 N–H and O–H groups in total. The van der Waals surface area contributed by atoms with Gasteiger partial charge in [0.15, 0.2) is 0 Å². The van der Waals surface area contributed by atoms with E-state index in [2.05, 4.69) is 25.1 Å². The molecule has 0 bridgehead atoms. The molecule has 2 aromatic rings. The lowest BCUT2D eigenvalue weighted by Crippen LogP contribution is -2.04. The predicted octanol–water partition coefficient (Wildman–Crippen LogP) is 5.94. The number of aryl methyl sites for hydroxylation is 2. The van der Waals surface area contributed by atoms with E-state index in [0.717, 1.165) is 47.6 Å². The number of ether oxygens (including phenoxy) is 1. The van der Waals surface area contributed by atoms with Crippen molar-refractivity contribution < 1.29 is 14.6 Å². The van der Waals surface area contributed by atoms with Crippen LogP contribution < -0.4 is 4.74 Å². The van der Waals surface area contributed by atoms with Crippen LogP contribution in [0.25, 0.3) is 5.57 Å². The summed E-state index contributed by atoms with van der Waals surface area (Å²) in [7, 11) is 0. The Morgan fingerprint density at radius 2 is 1.89 bits per heavy atom. The molecule has 1 aliphatic rings. The van der Waals surface area contributed by atoms with E-state index in [9.17, 15) is 4.79 Å². The summed E-state index contributed by atoms with van der Waals surface area (Å²) in [5.41, 5.74) is 6.21. The number of allylic oxidation sites excluding steroid dienone is 1. The molecule has 0 fully saturated rings. The summed E-state index contributed by atoms with van der Waals surface area (Å²) in [6, 6.07) is 14.0. The number of aliphatic carboxylic acids is 1. The van der Waals surface area contributed by atoms with E-state index >= 15 is 0 Å². The molecule has 0 unspecified atom stereocenters. The minimum Gasteiger partial charge on any atom is -0.489 e.